The van der Waals surface area contributed by atoms with Gasteiger partial charge in [-0.2, -0.15) is 4.68 Å². The second kappa shape index (κ2) is 6.78. The Bertz CT molecular complexity index is 837. The first-order chi connectivity index (χ1) is 11.6. The molecule has 3 rings (SSSR count). The third-order valence-corrected chi connectivity index (χ3v) is 3.45. The van der Waals surface area contributed by atoms with E-state index in [4.69, 9.17) is 0 Å². The number of benzene rings is 1. The Morgan fingerprint density at radius 3 is 2.46 bits per heavy atom. The van der Waals surface area contributed by atoms with E-state index in [2.05, 4.69) is 10.4 Å². The van der Waals surface area contributed by atoms with E-state index in [-0.39, 0.29) is 18.3 Å². The quantitative estimate of drug-likeness (QED) is 0.553. The van der Waals surface area contributed by atoms with Gasteiger partial charge in [0.25, 0.3) is 0 Å². The van der Waals surface area contributed by atoms with E-state index in [1.165, 1.54) is 16.9 Å². The van der Waals surface area contributed by atoms with Gasteiger partial charge in [-0.05, 0) is 34.8 Å². The lowest BCUT2D eigenvalue weighted by molar-refractivity contribution is -0.389. The molecule has 0 spiro atoms. The smallest absolute Gasteiger partial charge is 0.358 e. The highest BCUT2D eigenvalue weighted by atomic mass is 16.6. The highest BCUT2D eigenvalue weighted by Crippen LogP contribution is 2.10. The molecule has 0 aliphatic heterocycles. The third kappa shape index (κ3) is 3.67. The molecular weight excluding hydrogens is 310 g/mol. The predicted molar refractivity (Wildman–Crippen MR) is 86.5 cm³/mol. The van der Waals surface area contributed by atoms with Gasteiger partial charge in [-0.3, -0.25) is 4.79 Å². The standard InChI is InChI=1S/C16H15N5O3/c22-16(12-20-10-7-15(18-20)21(23)24)17-11-13-3-5-14(6-4-13)19-8-1-2-9-19/h1-10H,11-12H2,(H,17,22). The number of carbonyl (C=O) groups excluding carboxylic acids is 1. The molecule has 2 heterocycles. The Hall–Kier alpha value is -3.42. The topological polar surface area (TPSA) is 95.0 Å². The van der Waals surface area contributed by atoms with E-state index in [0.29, 0.717) is 6.54 Å². The molecule has 122 valence electrons. The number of carbonyl (C=O) groups is 1. The van der Waals surface area contributed by atoms with E-state index in [1.807, 2.05) is 53.4 Å². The molecule has 0 fully saturated rings. The molecule has 3 aromatic rings. The lowest BCUT2D eigenvalue weighted by Gasteiger charge is -2.07. The summed E-state index contributed by atoms with van der Waals surface area (Å²) in [6.45, 7) is 0.323. The molecule has 0 aliphatic rings. The summed E-state index contributed by atoms with van der Waals surface area (Å²) in [6, 6.07) is 13.0. The summed E-state index contributed by atoms with van der Waals surface area (Å²) >= 11 is 0. The molecule has 0 saturated heterocycles. The minimum Gasteiger partial charge on any atom is -0.358 e. The fourth-order valence-corrected chi connectivity index (χ4v) is 2.23. The van der Waals surface area contributed by atoms with E-state index in [0.717, 1.165) is 11.3 Å². The number of aromatic nitrogens is 3. The van der Waals surface area contributed by atoms with Crippen LogP contribution in [0.5, 0.6) is 0 Å². The van der Waals surface area contributed by atoms with Gasteiger partial charge in [0, 0.05) is 24.6 Å². The molecule has 1 amide bonds. The van der Waals surface area contributed by atoms with Crippen molar-refractivity contribution in [3.8, 4) is 5.69 Å². The van der Waals surface area contributed by atoms with Gasteiger partial charge in [0.1, 0.15) is 6.54 Å². The summed E-state index contributed by atoms with van der Waals surface area (Å²) in [5, 5.41) is 17.0. The van der Waals surface area contributed by atoms with Crippen molar-refractivity contribution in [1.82, 2.24) is 19.7 Å². The van der Waals surface area contributed by atoms with Gasteiger partial charge in [-0.25, -0.2) is 0 Å². The number of hydrogen-bond acceptors (Lipinski definition) is 4. The molecule has 0 atom stereocenters. The fraction of sp³-hybridized carbons (Fsp3) is 0.125. The van der Waals surface area contributed by atoms with Crippen LogP contribution in [-0.2, 0) is 17.9 Å². The molecular formula is C16H15N5O3. The molecule has 1 N–H and O–H groups in total. The Labute approximate surface area is 137 Å². The van der Waals surface area contributed by atoms with Crippen molar-refractivity contribution < 1.29 is 9.72 Å². The summed E-state index contributed by atoms with van der Waals surface area (Å²) in [4.78, 5) is 21.8. The predicted octanol–water partition coefficient (Wildman–Crippen LogP) is 1.90. The molecule has 2 aromatic heterocycles. The zero-order valence-electron chi connectivity index (χ0n) is 12.7. The van der Waals surface area contributed by atoms with E-state index < -0.39 is 4.92 Å². The van der Waals surface area contributed by atoms with Gasteiger partial charge in [-0.1, -0.05) is 12.1 Å². The average Bonchev–Trinajstić information content (AvgIpc) is 3.25. The minimum atomic E-state index is -0.597. The summed E-state index contributed by atoms with van der Waals surface area (Å²) < 4.78 is 3.23. The Morgan fingerprint density at radius 1 is 1.12 bits per heavy atom. The van der Waals surface area contributed by atoms with Gasteiger partial charge in [0.15, 0.2) is 0 Å². The van der Waals surface area contributed by atoms with Crippen molar-refractivity contribution in [2.45, 2.75) is 13.1 Å². The first-order valence-electron chi connectivity index (χ1n) is 7.28. The highest BCUT2D eigenvalue weighted by molar-refractivity contribution is 5.75. The van der Waals surface area contributed by atoms with Crippen LogP contribution >= 0.6 is 0 Å². The lowest BCUT2D eigenvalue weighted by atomic mass is 10.2. The Balaban J connectivity index is 1.53. The molecule has 0 aliphatic carbocycles. The van der Waals surface area contributed by atoms with Crippen molar-refractivity contribution in [2.24, 2.45) is 0 Å². The zero-order valence-corrected chi connectivity index (χ0v) is 12.7. The number of nitrogens with one attached hydrogen (secondary N) is 1. The van der Waals surface area contributed by atoms with Crippen LogP contribution in [0.15, 0.2) is 61.1 Å². The van der Waals surface area contributed by atoms with E-state index in [1.54, 1.807) is 0 Å². The van der Waals surface area contributed by atoms with Crippen molar-refractivity contribution in [2.75, 3.05) is 0 Å². The molecule has 1 aromatic carbocycles. The fourth-order valence-electron chi connectivity index (χ4n) is 2.23. The van der Waals surface area contributed by atoms with Crippen LogP contribution in [0.2, 0.25) is 0 Å². The van der Waals surface area contributed by atoms with Crippen LogP contribution in [0.25, 0.3) is 5.69 Å². The Kier molecular flexibility index (Phi) is 4.37. The zero-order chi connectivity index (χ0) is 16.9. The van der Waals surface area contributed by atoms with Crippen LogP contribution in [-0.4, -0.2) is 25.2 Å². The van der Waals surface area contributed by atoms with Crippen LogP contribution in [0, 0.1) is 10.1 Å². The van der Waals surface area contributed by atoms with Gasteiger partial charge < -0.3 is 20.0 Å². The normalized spacial score (nSPS) is 10.5. The second-order valence-electron chi connectivity index (χ2n) is 5.16. The number of nitrogens with zero attached hydrogens (tertiary/aromatic N) is 4. The van der Waals surface area contributed by atoms with Crippen molar-refractivity contribution in [1.29, 1.82) is 0 Å². The number of nitro groups is 1. The highest BCUT2D eigenvalue weighted by Gasteiger charge is 2.13. The molecule has 0 unspecified atom stereocenters. The van der Waals surface area contributed by atoms with Crippen LogP contribution < -0.4 is 5.32 Å². The molecule has 0 radical (unpaired) electrons. The van der Waals surface area contributed by atoms with Crippen LogP contribution in [0.4, 0.5) is 5.82 Å². The summed E-state index contributed by atoms with van der Waals surface area (Å²) in [6.07, 6.45) is 5.32. The maximum absolute atomic E-state index is 11.9. The lowest BCUT2D eigenvalue weighted by Crippen LogP contribution is -2.27. The largest absolute Gasteiger partial charge is 0.389 e. The summed E-state index contributed by atoms with van der Waals surface area (Å²) in [5.41, 5.74) is 2.00. The molecule has 8 nitrogen and oxygen atoms in total. The van der Waals surface area contributed by atoms with Gasteiger partial charge in [-0.15, -0.1) is 0 Å². The molecule has 0 saturated carbocycles. The van der Waals surface area contributed by atoms with Crippen LogP contribution in [0.1, 0.15) is 5.56 Å². The maximum atomic E-state index is 11.9. The van der Waals surface area contributed by atoms with E-state index in [9.17, 15) is 14.9 Å². The van der Waals surface area contributed by atoms with Crippen LogP contribution in [0.3, 0.4) is 0 Å². The first-order valence-corrected chi connectivity index (χ1v) is 7.28. The number of amides is 1. The first kappa shape index (κ1) is 15.5. The van der Waals surface area contributed by atoms with Crippen molar-refractivity contribution in [3.63, 3.8) is 0 Å². The second-order valence-corrected chi connectivity index (χ2v) is 5.16. The molecule has 24 heavy (non-hydrogen) atoms. The number of hydrogen-bond donors (Lipinski definition) is 1. The summed E-state index contributed by atoms with van der Waals surface area (Å²) in [7, 11) is 0. The Morgan fingerprint density at radius 2 is 1.83 bits per heavy atom. The maximum Gasteiger partial charge on any atom is 0.389 e. The van der Waals surface area contributed by atoms with Gasteiger partial charge in [0.2, 0.25) is 5.91 Å². The molecule has 0 bridgehead atoms. The monoisotopic (exact) mass is 325 g/mol. The summed E-state index contributed by atoms with van der Waals surface area (Å²) in [5.74, 6) is -0.536. The minimum absolute atomic E-state index is 0.0602. The van der Waals surface area contributed by atoms with Gasteiger partial charge >= 0.3 is 5.82 Å². The van der Waals surface area contributed by atoms with Crippen molar-refractivity contribution in [3.05, 3.63) is 76.7 Å². The number of rotatable bonds is 6. The SMILES string of the molecule is O=C(Cn1ccc([N+](=O)[O-])n1)NCc1ccc(-n2cccc2)cc1. The van der Waals surface area contributed by atoms with Crippen molar-refractivity contribution >= 4 is 11.7 Å². The average molecular weight is 325 g/mol. The van der Waals surface area contributed by atoms with E-state index >= 15 is 0 Å². The van der Waals surface area contributed by atoms with Gasteiger partial charge in [0.05, 0.1) is 17.4 Å². The molecule has 8 heteroatoms. The third-order valence-electron chi connectivity index (χ3n) is 3.45.